The van der Waals surface area contributed by atoms with E-state index >= 15 is 0 Å². The highest BCUT2D eigenvalue weighted by molar-refractivity contribution is 7.10. The van der Waals surface area contributed by atoms with Gasteiger partial charge >= 0.3 is 0 Å². The normalized spacial score (nSPS) is 21.9. The van der Waals surface area contributed by atoms with E-state index in [9.17, 15) is 0 Å². The number of hydrogen-bond donors (Lipinski definition) is 1. The molecule has 0 aromatic carbocycles. The minimum atomic E-state index is 0.316. The SMILES string of the molecule is COCCc1nc2n(n1)C(c1cccs1)CCC2CN. The molecule has 3 heterocycles. The summed E-state index contributed by atoms with van der Waals surface area (Å²) in [4.78, 5) is 6.05. The first kappa shape index (κ1) is 13.7. The van der Waals surface area contributed by atoms with E-state index in [0.29, 0.717) is 25.1 Å². The summed E-state index contributed by atoms with van der Waals surface area (Å²) in [5, 5.41) is 6.82. The minimum absolute atomic E-state index is 0.316. The molecule has 2 aromatic heterocycles. The van der Waals surface area contributed by atoms with Gasteiger partial charge in [0.2, 0.25) is 0 Å². The maximum atomic E-state index is 5.89. The van der Waals surface area contributed by atoms with Gasteiger partial charge in [-0.25, -0.2) is 9.67 Å². The van der Waals surface area contributed by atoms with E-state index < -0.39 is 0 Å². The van der Waals surface area contributed by atoms with Crippen molar-refractivity contribution in [1.82, 2.24) is 14.8 Å². The average molecular weight is 292 g/mol. The molecule has 3 rings (SSSR count). The molecule has 0 fully saturated rings. The molecule has 0 amide bonds. The van der Waals surface area contributed by atoms with Gasteiger partial charge in [0.25, 0.3) is 0 Å². The van der Waals surface area contributed by atoms with E-state index in [1.54, 1.807) is 18.4 Å². The molecular weight excluding hydrogens is 272 g/mol. The smallest absolute Gasteiger partial charge is 0.153 e. The van der Waals surface area contributed by atoms with Crippen molar-refractivity contribution in [2.75, 3.05) is 20.3 Å². The van der Waals surface area contributed by atoms with E-state index in [4.69, 9.17) is 20.6 Å². The summed E-state index contributed by atoms with van der Waals surface area (Å²) in [5.74, 6) is 2.24. The number of ether oxygens (including phenoxy) is 1. The molecule has 0 bridgehead atoms. The van der Waals surface area contributed by atoms with Gasteiger partial charge in [0, 0.05) is 30.9 Å². The fourth-order valence-electron chi connectivity index (χ4n) is 2.77. The van der Waals surface area contributed by atoms with Crippen molar-refractivity contribution >= 4 is 11.3 Å². The lowest BCUT2D eigenvalue weighted by atomic mass is 9.94. The predicted octanol–water partition coefficient (Wildman–Crippen LogP) is 1.95. The van der Waals surface area contributed by atoms with Crippen molar-refractivity contribution in [3.63, 3.8) is 0 Å². The van der Waals surface area contributed by atoms with Gasteiger partial charge < -0.3 is 10.5 Å². The van der Waals surface area contributed by atoms with E-state index in [1.807, 2.05) is 0 Å². The maximum absolute atomic E-state index is 5.89. The number of hydrogen-bond acceptors (Lipinski definition) is 5. The summed E-state index contributed by atoms with van der Waals surface area (Å²) in [6, 6.07) is 4.59. The van der Waals surface area contributed by atoms with Crippen molar-refractivity contribution in [3.8, 4) is 0 Å². The largest absolute Gasteiger partial charge is 0.384 e. The predicted molar refractivity (Wildman–Crippen MR) is 79.1 cm³/mol. The highest BCUT2D eigenvalue weighted by Gasteiger charge is 2.30. The van der Waals surface area contributed by atoms with Crippen LogP contribution in [0.15, 0.2) is 17.5 Å². The molecule has 0 saturated heterocycles. The Morgan fingerprint density at radius 2 is 2.40 bits per heavy atom. The average Bonchev–Trinajstić information content (AvgIpc) is 3.13. The molecule has 1 aliphatic heterocycles. The molecule has 5 nitrogen and oxygen atoms in total. The number of aromatic nitrogens is 3. The van der Waals surface area contributed by atoms with Gasteiger partial charge in [-0.3, -0.25) is 0 Å². The first-order valence-electron chi connectivity index (χ1n) is 7.01. The number of nitrogens with two attached hydrogens (primary N) is 1. The molecule has 6 heteroatoms. The number of nitrogens with zero attached hydrogens (tertiary/aromatic N) is 3. The van der Waals surface area contributed by atoms with Gasteiger partial charge in [-0.1, -0.05) is 6.07 Å². The van der Waals surface area contributed by atoms with Crippen molar-refractivity contribution < 1.29 is 4.74 Å². The standard InChI is InChI=1S/C14H20N4OS/c1-19-7-6-13-16-14-10(9-15)4-5-11(18(14)17-13)12-3-2-8-20-12/h2-3,8,10-11H,4-7,9,15H2,1H3. The third kappa shape index (κ3) is 2.51. The summed E-state index contributed by atoms with van der Waals surface area (Å²) in [7, 11) is 1.70. The van der Waals surface area contributed by atoms with E-state index in [-0.39, 0.29) is 0 Å². The first-order chi connectivity index (χ1) is 9.83. The Balaban J connectivity index is 1.93. The van der Waals surface area contributed by atoms with E-state index in [0.717, 1.165) is 30.9 Å². The third-order valence-corrected chi connectivity index (χ3v) is 4.81. The van der Waals surface area contributed by atoms with Crippen LogP contribution in [0.5, 0.6) is 0 Å². The Morgan fingerprint density at radius 1 is 1.50 bits per heavy atom. The number of rotatable bonds is 5. The Bertz CT molecular complexity index is 552. The fraction of sp³-hybridized carbons (Fsp3) is 0.571. The molecule has 2 atom stereocenters. The van der Waals surface area contributed by atoms with Crippen molar-refractivity contribution in [2.45, 2.75) is 31.2 Å². The first-order valence-corrected chi connectivity index (χ1v) is 7.89. The minimum Gasteiger partial charge on any atom is -0.384 e. The van der Waals surface area contributed by atoms with Crippen LogP contribution in [0.25, 0.3) is 0 Å². The molecule has 2 unspecified atom stereocenters. The summed E-state index contributed by atoms with van der Waals surface area (Å²) in [6.07, 6.45) is 2.93. The van der Waals surface area contributed by atoms with Crippen molar-refractivity contribution in [3.05, 3.63) is 34.0 Å². The van der Waals surface area contributed by atoms with Crippen LogP contribution in [-0.2, 0) is 11.2 Å². The topological polar surface area (TPSA) is 66.0 Å². The van der Waals surface area contributed by atoms with Crippen LogP contribution in [0.3, 0.4) is 0 Å². The van der Waals surface area contributed by atoms with Gasteiger partial charge in [-0.2, -0.15) is 5.10 Å². The Morgan fingerprint density at radius 3 is 3.10 bits per heavy atom. The van der Waals surface area contributed by atoms with Gasteiger partial charge in [-0.05, 0) is 24.3 Å². The van der Waals surface area contributed by atoms with E-state index in [1.165, 1.54) is 4.88 Å². The summed E-state index contributed by atoms with van der Waals surface area (Å²) in [6.45, 7) is 1.29. The number of methoxy groups -OCH3 is 1. The third-order valence-electron chi connectivity index (χ3n) is 3.84. The maximum Gasteiger partial charge on any atom is 0.153 e. The van der Waals surface area contributed by atoms with Crippen LogP contribution in [0, 0.1) is 0 Å². The molecule has 1 aliphatic rings. The molecule has 0 radical (unpaired) electrons. The molecule has 108 valence electrons. The fourth-order valence-corrected chi connectivity index (χ4v) is 3.61. The van der Waals surface area contributed by atoms with Crippen LogP contribution in [0.4, 0.5) is 0 Å². The Hall–Kier alpha value is -1.24. The quantitative estimate of drug-likeness (QED) is 0.915. The van der Waals surface area contributed by atoms with Crippen molar-refractivity contribution in [1.29, 1.82) is 0 Å². The van der Waals surface area contributed by atoms with Gasteiger partial charge in [0.1, 0.15) is 5.82 Å². The van der Waals surface area contributed by atoms with Gasteiger partial charge in [-0.15, -0.1) is 11.3 Å². The molecule has 20 heavy (non-hydrogen) atoms. The van der Waals surface area contributed by atoms with Gasteiger partial charge in [0.15, 0.2) is 5.82 Å². The van der Waals surface area contributed by atoms with Crippen LogP contribution in [0.1, 0.15) is 41.3 Å². The zero-order valence-corrected chi connectivity index (χ0v) is 12.5. The number of fused-ring (bicyclic) bond motifs is 1. The van der Waals surface area contributed by atoms with Crippen molar-refractivity contribution in [2.24, 2.45) is 5.73 Å². The highest BCUT2D eigenvalue weighted by atomic mass is 32.1. The highest BCUT2D eigenvalue weighted by Crippen LogP contribution is 2.36. The lowest BCUT2D eigenvalue weighted by Crippen LogP contribution is -2.26. The molecule has 2 N–H and O–H groups in total. The summed E-state index contributed by atoms with van der Waals surface area (Å²) < 4.78 is 7.21. The number of thiophene rings is 1. The van der Waals surface area contributed by atoms with E-state index in [2.05, 4.69) is 22.2 Å². The molecule has 0 saturated carbocycles. The second-order valence-electron chi connectivity index (χ2n) is 5.11. The molecule has 2 aromatic rings. The Labute approximate surface area is 122 Å². The zero-order chi connectivity index (χ0) is 13.9. The van der Waals surface area contributed by atoms with Gasteiger partial charge in [0.05, 0.1) is 12.6 Å². The second kappa shape index (κ2) is 6.03. The van der Waals surface area contributed by atoms with Crippen LogP contribution in [-0.4, -0.2) is 35.0 Å². The molecular formula is C14H20N4OS. The zero-order valence-electron chi connectivity index (χ0n) is 11.7. The van der Waals surface area contributed by atoms with Crippen LogP contribution < -0.4 is 5.73 Å². The lowest BCUT2D eigenvalue weighted by molar-refractivity contribution is 0.200. The Kier molecular flexibility index (Phi) is 4.14. The molecule has 0 spiro atoms. The summed E-state index contributed by atoms with van der Waals surface area (Å²) in [5.41, 5.74) is 5.89. The lowest BCUT2D eigenvalue weighted by Gasteiger charge is -2.27. The summed E-state index contributed by atoms with van der Waals surface area (Å²) >= 11 is 1.78. The molecule has 0 aliphatic carbocycles. The monoisotopic (exact) mass is 292 g/mol. The van der Waals surface area contributed by atoms with Crippen LogP contribution in [0.2, 0.25) is 0 Å². The van der Waals surface area contributed by atoms with Crippen LogP contribution >= 0.6 is 11.3 Å². The second-order valence-corrected chi connectivity index (χ2v) is 6.09.